The molecule has 8 heteroatoms. The maximum atomic E-state index is 13.9. The number of ether oxygens (including phenoxy) is 4. The molecule has 0 aromatic heterocycles. The van der Waals surface area contributed by atoms with E-state index in [4.69, 9.17) is 30.5 Å². The molecule has 1 N–H and O–H groups in total. The number of methoxy groups -OCH3 is 3. The monoisotopic (exact) mass is 539 g/mol. The van der Waals surface area contributed by atoms with Crippen LogP contribution in [0.2, 0.25) is 5.02 Å². The predicted molar refractivity (Wildman–Crippen MR) is 146 cm³/mol. The van der Waals surface area contributed by atoms with E-state index in [1.807, 2.05) is 45.0 Å². The van der Waals surface area contributed by atoms with Crippen LogP contribution in [-0.2, 0) is 14.3 Å². The molecule has 2 aliphatic rings. The molecule has 1 aliphatic heterocycles. The van der Waals surface area contributed by atoms with Gasteiger partial charge in [-0.05, 0) is 68.0 Å². The third-order valence-electron chi connectivity index (χ3n) is 7.29. The molecule has 0 bridgehead atoms. The molecule has 2 aromatic carbocycles. The molecule has 2 aromatic rings. The fraction of sp³-hybridized carbons (Fsp3) is 0.400. The van der Waals surface area contributed by atoms with Crippen molar-refractivity contribution in [3.05, 3.63) is 75.1 Å². The first-order valence-electron chi connectivity index (χ1n) is 12.7. The minimum absolute atomic E-state index is 0.00646. The Balaban J connectivity index is 1.87. The summed E-state index contributed by atoms with van der Waals surface area (Å²) in [5.41, 5.74) is 4.15. The van der Waals surface area contributed by atoms with E-state index in [1.165, 1.54) is 21.3 Å². The number of carbonyl (C=O) groups excluding carboxylic acids is 2. The van der Waals surface area contributed by atoms with Gasteiger partial charge in [0.05, 0.1) is 33.0 Å². The van der Waals surface area contributed by atoms with Crippen molar-refractivity contribution in [2.24, 2.45) is 0 Å². The lowest BCUT2D eigenvalue weighted by Gasteiger charge is -2.37. The second-order valence-electron chi connectivity index (χ2n) is 9.65. The quantitative estimate of drug-likeness (QED) is 0.408. The van der Waals surface area contributed by atoms with Gasteiger partial charge in [-0.1, -0.05) is 30.7 Å². The SMILES string of the molecule is CCC(C)OC(=O)C1=C(C)NC2=C(C(=O)CC(c3ccc(Cl)cc3)C2)C1c1cc(OC)c(OC)c(OC)c1. The van der Waals surface area contributed by atoms with Gasteiger partial charge in [-0.15, -0.1) is 0 Å². The number of dihydropyridines is 1. The van der Waals surface area contributed by atoms with Crippen LogP contribution in [-0.4, -0.2) is 39.2 Å². The number of hydrogen-bond acceptors (Lipinski definition) is 7. The van der Waals surface area contributed by atoms with Gasteiger partial charge in [0.15, 0.2) is 17.3 Å². The Morgan fingerprint density at radius 1 is 1.03 bits per heavy atom. The van der Waals surface area contributed by atoms with Gasteiger partial charge in [-0.2, -0.15) is 0 Å². The lowest BCUT2D eigenvalue weighted by atomic mass is 9.71. The van der Waals surface area contributed by atoms with E-state index in [9.17, 15) is 9.59 Å². The van der Waals surface area contributed by atoms with Crippen LogP contribution < -0.4 is 19.5 Å². The van der Waals surface area contributed by atoms with E-state index in [2.05, 4.69) is 5.32 Å². The van der Waals surface area contributed by atoms with E-state index >= 15 is 0 Å². The Labute approximate surface area is 228 Å². The first kappa shape index (κ1) is 27.6. The zero-order valence-corrected chi connectivity index (χ0v) is 23.4. The number of nitrogens with one attached hydrogen (secondary N) is 1. The Morgan fingerprint density at radius 2 is 1.66 bits per heavy atom. The molecule has 0 fully saturated rings. The number of carbonyl (C=O) groups is 2. The molecular weight excluding hydrogens is 506 g/mol. The number of halogens is 1. The zero-order valence-electron chi connectivity index (χ0n) is 22.6. The van der Waals surface area contributed by atoms with Crippen molar-refractivity contribution >= 4 is 23.4 Å². The van der Waals surface area contributed by atoms with Crippen molar-refractivity contribution in [1.82, 2.24) is 5.32 Å². The van der Waals surface area contributed by atoms with Gasteiger partial charge in [0.25, 0.3) is 0 Å². The van der Waals surface area contributed by atoms with Gasteiger partial charge >= 0.3 is 5.97 Å². The summed E-state index contributed by atoms with van der Waals surface area (Å²) < 4.78 is 22.5. The standard InChI is InChI=1S/C30H34ClNO6/c1-7-16(2)38-30(34)26-17(3)32-22-12-19(18-8-10-21(31)11-9-18)13-23(33)28(22)27(26)20-14-24(35-4)29(37-6)25(15-20)36-5/h8-11,14-16,19,27,32H,7,12-13H2,1-6H3. The minimum atomic E-state index is -0.657. The number of benzene rings is 2. The first-order valence-corrected chi connectivity index (χ1v) is 13.1. The van der Waals surface area contributed by atoms with Crippen molar-refractivity contribution in [1.29, 1.82) is 0 Å². The Kier molecular flexibility index (Phi) is 8.36. The average molecular weight is 540 g/mol. The largest absolute Gasteiger partial charge is 0.493 e. The molecule has 0 spiro atoms. The molecule has 0 radical (unpaired) electrons. The maximum Gasteiger partial charge on any atom is 0.337 e. The normalized spacial score (nSPS) is 19.9. The van der Waals surface area contributed by atoms with Crippen molar-refractivity contribution in [2.75, 3.05) is 21.3 Å². The summed E-state index contributed by atoms with van der Waals surface area (Å²) in [6.07, 6.45) is 1.34. The number of Topliss-reactive ketones (excluding diaryl/α,β-unsaturated/α-hetero) is 1. The number of allylic oxidation sites excluding steroid dienone is 3. The van der Waals surface area contributed by atoms with E-state index in [0.717, 1.165) is 11.3 Å². The molecule has 7 nitrogen and oxygen atoms in total. The topological polar surface area (TPSA) is 83.1 Å². The first-order chi connectivity index (χ1) is 18.2. The van der Waals surface area contributed by atoms with Crippen molar-refractivity contribution in [3.63, 3.8) is 0 Å². The van der Waals surface area contributed by atoms with Crippen LogP contribution in [0.1, 0.15) is 63.0 Å². The van der Waals surface area contributed by atoms with Crippen molar-refractivity contribution in [3.8, 4) is 17.2 Å². The third kappa shape index (κ3) is 5.25. The van der Waals surface area contributed by atoms with Crippen LogP contribution in [0.15, 0.2) is 58.9 Å². The molecule has 0 saturated carbocycles. The van der Waals surface area contributed by atoms with Crippen LogP contribution in [0.3, 0.4) is 0 Å². The van der Waals surface area contributed by atoms with Crippen LogP contribution >= 0.6 is 11.6 Å². The molecule has 0 amide bonds. The number of esters is 1. The second kappa shape index (κ2) is 11.5. The maximum absolute atomic E-state index is 13.9. The van der Waals surface area contributed by atoms with E-state index < -0.39 is 11.9 Å². The third-order valence-corrected chi connectivity index (χ3v) is 7.54. The minimum Gasteiger partial charge on any atom is -0.493 e. The fourth-order valence-electron chi connectivity index (χ4n) is 5.21. The summed E-state index contributed by atoms with van der Waals surface area (Å²) in [6, 6.07) is 11.2. The van der Waals surface area contributed by atoms with Gasteiger partial charge in [0.1, 0.15) is 0 Å². The van der Waals surface area contributed by atoms with Gasteiger partial charge in [-0.3, -0.25) is 4.79 Å². The summed E-state index contributed by atoms with van der Waals surface area (Å²) in [6.45, 7) is 5.65. The molecule has 4 rings (SSSR count). The Hall–Kier alpha value is -3.45. The van der Waals surface area contributed by atoms with Crippen molar-refractivity contribution < 1.29 is 28.5 Å². The van der Waals surface area contributed by atoms with E-state index in [1.54, 1.807) is 12.1 Å². The van der Waals surface area contributed by atoms with Gasteiger partial charge in [-0.25, -0.2) is 4.79 Å². The summed E-state index contributed by atoms with van der Waals surface area (Å²) in [7, 11) is 4.61. The lowest BCUT2D eigenvalue weighted by molar-refractivity contribution is -0.144. The fourth-order valence-corrected chi connectivity index (χ4v) is 5.34. The number of hydrogen-bond donors (Lipinski definition) is 1. The molecule has 0 saturated heterocycles. The van der Waals surface area contributed by atoms with E-state index in [0.29, 0.717) is 63.9 Å². The molecular formula is C30H34ClNO6. The molecule has 3 atom stereocenters. The molecule has 38 heavy (non-hydrogen) atoms. The lowest BCUT2D eigenvalue weighted by Crippen LogP contribution is -2.36. The van der Waals surface area contributed by atoms with E-state index in [-0.39, 0.29) is 17.8 Å². The summed E-state index contributed by atoms with van der Waals surface area (Å²) >= 11 is 6.09. The average Bonchev–Trinajstić information content (AvgIpc) is 2.91. The molecule has 3 unspecified atom stereocenters. The highest BCUT2D eigenvalue weighted by molar-refractivity contribution is 6.30. The van der Waals surface area contributed by atoms with Crippen LogP contribution in [0.25, 0.3) is 0 Å². The van der Waals surface area contributed by atoms with Gasteiger partial charge < -0.3 is 24.3 Å². The van der Waals surface area contributed by atoms with Crippen LogP contribution in [0.5, 0.6) is 17.2 Å². The van der Waals surface area contributed by atoms with Gasteiger partial charge in [0.2, 0.25) is 5.75 Å². The summed E-state index contributed by atoms with van der Waals surface area (Å²) in [5, 5.41) is 4.04. The highest BCUT2D eigenvalue weighted by Crippen LogP contribution is 2.49. The molecule has 1 heterocycles. The highest BCUT2D eigenvalue weighted by Gasteiger charge is 2.42. The highest BCUT2D eigenvalue weighted by atomic mass is 35.5. The summed E-state index contributed by atoms with van der Waals surface area (Å²) in [5.74, 6) is 0.169. The Morgan fingerprint density at radius 3 is 2.21 bits per heavy atom. The van der Waals surface area contributed by atoms with Crippen LogP contribution in [0.4, 0.5) is 0 Å². The van der Waals surface area contributed by atoms with Gasteiger partial charge in [0, 0.05) is 34.3 Å². The number of rotatable bonds is 8. The zero-order chi connectivity index (χ0) is 27.6. The smallest absolute Gasteiger partial charge is 0.337 e. The molecule has 202 valence electrons. The van der Waals surface area contributed by atoms with Crippen LogP contribution in [0, 0.1) is 0 Å². The Bertz CT molecular complexity index is 1270. The molecule has 1 aliphatic carbocycles. The predicted octanol–water partition coefficient (Wildman–Crippen LogP) is 6.07. The number of ketones is 1. The second-order valence-corrected chi connectivity index (χ2v) is 10.1. The summed E-state index contributed by atoms with van der Waals surface area (Å²) in [4.78, 5) is 27.4. The van der Waals surface area contributed by atoms with Crippen molar-refractivity contribution in [2.45, 2.75) is 58.0 Å².